The van der Waals surface area contributed by atoms with E-state index in [1.54, 1.807) is 13.0 Å². The highest BCUT2D eigenvalue weighted by molar-refractivity contribution is 9.09. The fourth-order valence-corrected chi connectivity index (χ4v) is 2.30. The minimum atomic E-state index is -0.0728. The molecule has 106 valence electrons. The van der Waals surface area contributed by atoms with E-state index < -0.39 is 0 Å². The van der Waals surface area contributed by atoms with E-state index in [1.165, 1.54) is 0 Å². The molecule has 1 unspecified atom stereocenters. The van der Waals surface area contributed by atoms with Gasteiger partial charge in [0.2, 0.25) is 0 Å². The molecule has 1 aromatic heterocycles. The Morgan fingerprint density at radius 3 is 2.53 bits per heavy atom. The molecule has 0 fully saturated rings. The average Bonchev–Trinajstić information content (AvgIpc) is 2.30. The van der Waals surface area contributed by atoms with Crippen LogP contribution < -0.4 is 5.32 Å². The molecule has 0 aliphatic rings. The van der Waals surface area contributed by atoms with E-state index in [1.807, 2.05) is 6.92 Å². The van der Waals surface area contributed by atoms with Crippen LogP contribution in [0.3, 0.4) is 0 Å². The number of hydrogen-bond acceptors (Lipinski definition) is 3. The van der Waals surface area contributed by atoms with Crippen molar-refractivity contribution < 1.29 is 4.79 Å². The monoisotopic (exact) mass is 327 g/mol. The molecule has 0 aliphatic carbocycles. The molecule has 0 spiro atoms. The lowest BCUT2D eigenvalue weighted by atomic mass is 9.85. The van der Waals surface area contributed by atoms with Crippen LogP contribution in [0, 0.1) is 19.3 Å². The fourth-order valence-electron chi connectivity index (χ4n) is 1.85. The van der Waals surface area contributed by atoms with Gasteiger partial charge in [0.15, 0.2) is 0 Å². The van der Waals surface area contributed by atoms with Crippen molar-refractivity contribution in [2.45, 2.75) is 47.1 Å². The molecule has 19 heavy (non-hydrogen) atoms. The number of aromatic nitrogens is 2. The fraction of sp³-hybridized carbons (Fsp3) is 0.643. The number of alkyl halides is 1. The Morgan fingerprint density at radius 2 is 2.00 bits per heavy atom. The molecule has 0 radical (unpaired) electrons. The molecule has 0 saturated heterocycles. The van der Waals surface area contributed by atoms with Gasteiger partial charge >= 0.3 is 0 Å². The van der Waals surface area contributed by atoms with Gasteiger partial charge in [0.05, 0.1) is 17.0 Å². The molecule has 1 rings (SSSR count). The third-order valence-corrected chi connectivity index (χ3v) is 3.55. The van der Waals surface area contributed by atoms with Crippen molar-refractivity contribution >= 4 is 21.8 Å². The number of amides is 1. The van der Waals surface area contributed by atoms with Gasteiger partial charge in [-0.2, -0.15) is 10.2 Å². The van der Waals surface area contributed by atoms with Crippen molar-refractivity contribution in [3.8, 4) is 0 Å². The van der Waals surface area contributed by atoms with E-state index in [0.717, 1.165) is 17.4 Å². The standard InChI is InChI=1S/C14H22BrN3O/c1-9-8-11(10(2)18-17-9)13(19)16-12(6-7-15)14(3,4)5/h8,12H,6-7H2,1-5H3,(H,16,19). The van der Waals surface area contributed by atoms with E-state index in [4.69, 9.17) is 0 Å². The maximum absolute atomic E-state index is 12.4. The molecule has 0 bridgehead atoms. The van der Waals surface area contributed by atoms with Gasteiger partial charge in [0.1, 0.15) is 0 Å². The predicted octanol–water partition coefficient (Wildman–Crippen LogP) is 3.02. The van der Waals surface area contributed by atoms with E-state index in [2.05, 4.69) is 52.2 Å². The Labute approximate surface area is 123 Å². The number of aryl methyl sites for hydroxylation is 2. The first-order chi connectivity index (χ1) is 8.75. The van der Waals surface area contributed by atoms with Gasteiger partial charge in [-0.25, -0.2) is 0 Å². The largest absolute Gasteiger partial charge is 0.349 e. The van der Waals surface area contributed by atoms with Crippen LogP contribution in [0.4, 0.5) is 0 Å². The second kappa shape index (κ2) is 6.46. The lowest BCUT2D eigenvalue weighted by molar-refractivity contribution is 0.0899. The van der Waals surface area contributed by atoms with Crippen LogP contribution in [0.15, 0.2) is 6.07 Å². The van der Waals surface area contributed by atoms with E-state index >= 15 is 0 Å². The van der Waals surface area contributed by atoms with Crippen LogP contribution in [0.1, 0.15) is 48.9 Å². The molecule has 0 saturated carbocycles. The lowest BCUT2D eigenvalue weighted by Crippen LogP contribution is -2.44. The second-order valence-electron chi connectivity index (χ2n) is 5.85. The molecule has 0 aromatic carbocycles. The van der Waals surface area contributed by atoms with Crippen LogP contribution in [0.2, 0.25) is 0 Å². The summed E-state index contributed by atoms with van der Waals surface area (Å²) in [4.78, 5) is 12.4. The van der Waals surface area contributed by atoms with Gasteiger partial charge < -0.3 is 5.32 Å². The molecule has 4 nitrogen and oxygen atoms in total. The first-order valence-corrected chi connectivity index (χ1v) is 7.55. The van der Waals surface area contributed by atoms with Gasteiger partial charge in [-0.05, 0) is 31.7 Å². The molecule has 1 atom stereocenters. The molecule has 1 N–H and O–H groups in total. The minimum Gasteiger partial charge on any atom is -0.349 e. The summed E-state index contributed by atoms with van der Waals surface area (Å²) in [5.74, 6) is -0.0728. The number of nitrogens with one attached hydrogen (secondary N) is 1. The maximum atomic E-state index is 12.4. The van der Waals surface area contributed by atoms with Crippen molar-refractivity contribution in [2.75, 3.05) is 5.33 Å². The summed E-state index contributed by atoms with van der Waals surface area (Å²) in [5.41, 5.74) is 2.04. The normalized spacial score (nSPS) is 13.2. The molecule has 1 amide bonds. The number of nitrogens with zero attached hydrogens (tertiary/aromatic N) is 2. The summed E-state index contributed by atoms with van der Waals surface area (Å²) in [6.07, 6.45) is 0.895. The number of rotatable bonds is 4. The number of carbonyl (C=O) groups excluding carboxylic acids is 1. The summed E-state index contributed by atoms with van der Waals surface area (Å²) in [6.45, 7) is 10.0. The first kappa shape index (κ1) is 16.1. The van der Waals surface area contributed by atoms with Crippen molar-refractivity contribution in [2.24, 2.45) is 5.41 Å². The van der Waals surface area contributed by atoms with Gasteiger partial charge in [0, 0.05) is 11.4 Å². The predicted molar refractivity (Wildman–Crippen MR) is 80.6 cm³/mol. The van der Waals surface area contributed by atoms with Crippen LogP contribution in [0.5, 0.6) is 0 Å². The quantitative estimate of drug-likeness (QED) is 0.865. The van der Waals surface area contributed by atoms with Crippen LogP contribution in [-0.4, -0.2) is 27.5 Å². The van der Waals surface area contributed by atoms with Gasteiger partial charge in [0.25, 0.3) is 5.91 Å². The van der Waals surface area contributed by atoms with Crippen molar-refractivity contribution in [1.29, 1.82) is 0 Å². The smallest absolute Gasteiger partial charge is 0.253 e. The Bertz CT molecular complexity index is 454. The SMILES string of the molecule is Cc1cc(C(=O)NC(CCBr)C(C)(C)C)c(C)nn1. The Morgan fingerprint density at radius 1 is 1.37 bits per heavy atom. The molecule has 1 heterocycles. The highest BCUT2D eigenvalue weighted by Crippen LogP contribution is 2.23. The van der Waals surface area contributed by atoms with Crippen molar-refractivity contribution in [3.05, 3.63) is 23.0 Å². The molecular formula is C14H22BrN3O. The number of halogens is 1. The highest BCUT2D eigenvalue weighted by Gasteiger charge is 2.26. The zero-order chi connectivity index (χ0) is 14.6. The Hall–Kier alpha value is -0.970. The van der Waals surface area contributed by atoms with Crippen molar-refractivity contribution in [1.82, 2.24) is 15.5 Å². The average molecular weight is 328 g/mol. The third kappa shape index (κ3) is 4.56. The third-order valence-electron chi connectivity index (χ3n) is 3.09. The zero-order valence-electron chi connectivity index (χ0n) is 12.2. The molecular weight excluding hydrogens is 306 g/mol. The van der Waals surface area contributed by atoms with Gasteiger partial charge in [-0.1, -0.05) is 36.7 Å². The molecule has 1 aromatic rings. The Kier molecular flexibility index (Phi) is 5.47. The summed E-state index contributed by atoms with van der Waals surface area (Å²) < 4.78 is 0. The van der Waals surface area contributed by atoms with E-state index in [9.17, 15) is 4.79 Å². The topological polar surface area (TPSA) is 54.9 Å². The van der Waals surface area contributed by atoms with Gasteiger partial charge in [-0.3, -0.25) is 4.79 Å². The lowest BCUT2D eigenvalue weighted by Gasteiger charge is -2.31. The number of carbonyl (C=O) groups is 1. The van der Waals surface area contributed by atoms with Crippen molar-refractivity contribution in [3.63, 3.8) is 0 Å². The highest BCUT2D eigenvalue weighted by atomic mass is 79.9. The second-order valence-corrected chi connectivity index (χ2v) is 6.65. The van der Waals surface area contributed by atoms with Crippen LogP contribution in [-0.2, 0) is 0 Å². The van der Waals surface area contributed by atoms with E-state index in [0.29, 0.717) is 11.3 Å². The first-order valence-electron chi connectivity index (χ1n) is 6.43. The van der Waals surface area contributed by atoms with Crippen LogP contribution in [0.25, 0.3) is 0 Å². The summed E-state index contributed by atoms with van der Waals surface area (Å²) in [5, 5.41) is 11.9. The molecule has 0 aliphatic heterocycles. The zero-order valence-corrected chi connectivity index (χ0v) is 13.8. The van der Waals surface area contributed by atoms with Crippen LogP contribution >= 0.6 is 15.9 Å². The summed E-state index contributed by atoms with van der Waals surface area (Å²) in [7, 11) is 0. The minimum absolute atomic E-state index is 0.0207. The Balaban J connectivity index is 2.91. The van der Waals surface area contributed by atoms with E-state index in [-0.39, 0.29) is 17.4 Å². The number of hydrogen-bond donors (Lipinski definition) is 1. The summed E-state index contributed by atoms with van der Waals surface area (Å²) >= 11 is 3.44. The molecule has 5 heteroatoms. The maximum Gasteiger partial charge on any atom is 0.253 e. The van der Waals surface area contributed by atoms with Gasteiger partial charge in [-0.15, -0.1) is 0 Å². The summed E-state index contributed by atoms with van der Waals surface area (Å²) in [6, 6.07) is 1.90.